The Morgan fingerprint density at radius 1 is 1.38 bits per heavy atom. The van der Waals surface area contributed by atoms with Crippen LogP contribution >= 0.6 is 0 Å². The predicted molar refractivity (Wildman–Crippen MR) is 57.9 cm³/mol. The van der Waals surface area contributed by atoms with Crippen LogP contribution < -0.4 is 5.32 Å². The van der Waals surface area contributed by atoms with Gasteiger partial charge in [-0.3, -0.25) is 4.79 Å². The lowest BCUT2D eigenvalue weighted by Gasteiger charge is -2.22. The molecule has 88 valence electrons. The summed E-state index contributed by atoms with van der Waals surface area (Å²) in [4.78, 5) is 11.6. The van der Waals surface area contributed by atoms with E-state index in [1.807, 2.05) is 0 Å². The molecule has 1 amide bonds. The van der Waals surface area contributed by atoms with E-state index in [4.69, 9.17) is 4.42 Å². The molecule has 1 fully saturated rings. The van der Waals surface area contributed by atoms with Gasteiger partial charge < -0.3 is 9.73 Å². The highest BCUT2D eigenvalue weighted by Crippen LogP contribution is 2.13. The van der Waals surface area contributed by atoms with Gasteiger partial charge >= 0.3 is 0 Å². The van der Waals surface area contributed by atoms with Gasteiger partial charge in [-0.1, -0.05) is 0 Å². The molecule has 0 aliphatic carbocycles. The monoisotopic (exact) mass is 243 g/mol. The molecular weight excluding hydrogens is 230 g/mol. The Hall–Kier alpha value is -1.30. The molecule has 1 aliphatic heterocycles. The van der Waals surface area contributed by atoms with Crippen molar-refractivity contribution < 1.29 is 17.6 Å². The summed E-state index contributed by atoms with van der Waals surface area (Å²) in [5.41, 5.74) is 0. The quantitative estimate of drug-likeness (QED) is 0.824. The van der Waals surface area contributed by atoms with E-state index in [1.165, 1.54) is 6.26 Å². The van der Waals surface area contributed by atoms with Crippen molar-refractivity contribution >= 4 is 15.7 Å². The second kappa shape index (κ2) is 4.29. The maximum absolute atomic E-state index is 11.6. The molecule has 0 unspecified atom stereocenters. The molecule has 0 saturated carbocycles. The zero-order valence-corrected chi connectivity index (χ0v) is 9.50. The van der Waals surface area contributed by atoms with Gasteiger partial charge in [-0.15, -0.1) is 0 Å². The van der Waals surface area contributed by atoms with E-state index in [0.717, 1.165) is 0 Å². The SMILES string of the molecule is O=C(NC1CCS(=O)(=O)CC1)c1ccco1. The van der Waals surface area contributed by atoms with Crippen molar-refractivity contribution in [2.45, 2.75) is 18.9 Å². The number of carbonyl (C=O) groups is 1. The summed E-state index contributed by atoms with van der Waals surface area (Å²) in [6, 6.07) is 3.15. The van der Waals surface area contributed by atoms with Crippen molar-refractivity contribution in [3.8, 4) is 0 Å². The van der Waals surface area contributed by atoms with Crippen LogP contribution in [0.4, 0.5) is 0 Å². The number of sulfone groups is 1. The maximum atomic E-state index is 11.6. The Kier molecular flexibility index (Phi) is 3.00. The minimum absolute atomic E-state index is 0.0684. The average molecular weight is 243 g/mol. The number of amides is 1. The summed E-state index contributed by atoms with van der Waals surface area (Å²) in [5, 5.41) is 2.76. The molecule has 16 heavy (non-hydrogen) atoms. The molecule has 1 aromatic rings. The van der Waals surface area contributed by atoms with Gasteiger partial charge in [-0.25, -0.2) is 8.42 Å². The minimum atomic E-state index is -2.88. The molecule has 1 aromatic heterocycles. The second-order valence-electron chi connectivity index (χ2n) is 3.88. The average Bonchev–Trinajstić information content (AvgIpc) is 2.74. The van der Waals surface area contributed by atoms with Crippen LogP contribution in [0.2, 0.25) is 0 Å². The maximum Gasteiger partial charge on any atom is 0.287 e. The molecule has 0 atom stereocenters. The smallest absolute Gasteiger partial charge is 0.287 e. The third-order valence-electron chi connectivity index (χ3n) is 2.63. The van der Waals surface area contributed by atoms with E-state index < -0.39 is 9.84 Å². The lowest BCUT2D eigenvalue weighted by molar-refractivity contribution is 0.0906. The first kappa shape index (κ1) is 11.2. The first-order chi connectivity index (χ1) is 7.57. The molecule has 5 nitrogen and oxygen atoms in total. The Morgan fingerprint density at radius 2 is 2.06 bits per heavy atom. The number of hydrogen-bond acceptors (Lipinski definition) is 4. The van der Waals surface area contributed by atoms with E-state index in [1.54, 1.807) is 12.1 Å². The molecule has 1 N–H and O–H groups in total. The fourth-order valence-electron chi connectivity index (χ4n) is 1.70. The summed E-state index contributed by atoms with van der Waals surface area (Å²) in [5.74, 6) is 0.273. The molecule has 0 bridgehead atoms. The van der Waals surface area contributed by atoms with Gasteiger partial charge in [0.25, 0.3) is 5.91 Å². The van der Waals surface area contributed by atoms with Gasteiger partial charge in [0.15, 0.2) is 5.76 Å². The fraction of sp³-hybridized carbons (Fsp3) is 0.500. The van der Waals surface area contributed by atoms with Crippen LogP contribution in [-0.4, -0.2) is 31.9 Å². The Morgan fingerprint density at radius 3 is 2.62 bits per heavy atom. The number of hydrogen-bond donors (Lipinski definition) is 1. The van der Waals surface area contributed by atoms with Crippen LogP contribution in [-0.2, 0) is 9.84 Å². The number of nitrogens with one attached hydrogen (secondary N) is 1. The molecule has 2 rings (SSSR count). The van der Waals surface area contributed by atoms with Crippen molar-refractivity contribution in [1.29, 1.82) is 0 Å². The van der Waals surface area contributed by atoms with Crippen LogP contribution in [0.15, 0.2) is 22.8 Å². The molecule has 1 aliphatic rings. The Balaban J connectivity index is 1.90. The summed E-state index contributed by atoms with van der Waals surface area (Å²) in [6.45, 7) is 0. The highest BCUT2D eigenvalue weighted by atomic mass is 32.2. The lowest BCUT2D eigenvalue weighted by Crippen LogP contribution is -2.40. The number of furan rings is 1. The lowest BCUT2D eigenvalue weighted by atomic mass is 10.1. The molecule has 0 spiro atoms. The molecule has 2 heterocycles. The van der Waals surface area contributed by atoms with E-state index in [-0.39, 0.29) is 29.2 Å². The Labute approximate surface area is 93.7 Å². The standard InChI is InChI=1S/C10H13NO4S/c12-10(9-2-1-5-15-9)11-8-3-6-16(13,14)7-4-8/h1-2,5,8H,3-4,6-7H2,(H,11,12). The molecule has 0 radical (unpaired) electrons. The number of carbonyl (C=O) groups excluding carboxylic acids is 1. The highest BCUT2D eigenvalue weighted by Gasteiger charge is 2.25. The summed E-state index contributed by atoms with van der Waals surface area (Å²) in [6.07, 6.45) is 2.39. The molecule has 0 aromatic carbocycles. The zero-order valence-electron chi connectivity index (χ0n) is 8.68. The zero-order chi connectivity index (χ0) is 11.6. The van der Waals surface area contributed by atoms with Gasteiger partial charge in [0.1, 0.15) is 9.84 Å². The predicted octanol–water partition coefficient (Wildman–Crippen LogP) is 0.587. The van der Waals surface area contributed by atoms with E-state index in [9.17, 15) is 13.2 Å². The molecular formula is C10H13NO4S. The van der Waals surface area contributed by atoms with Crippen molar-refractivity contribution in [3.05, 3.63) is 24.2 Å². The van der Waals surface area contributed by atoms with Crippen molar-refractivity contribution in [3.63, 3.8) is 0 Å². The van der Waals surface area contributed by atoms with Crippen molar-refractivity contribution in [2.24, 2.45) is 0 Å². The van der Waals surface area contributed by atoms with Crippen molar-refractivity contribution in [2.75, 3.05) is 11.5 Å². The first-order valence-electron chi connectivity index (χ1n) is 5.12. The van der Waals surface area contributed by atoms with Gasteiger partial charge in [-0.2, -0.15) is 0 Å². The van der Waals surface area contributed by atoms with E-state index in [2.05, 4.69) is 5.32 Å². The summed E-state index contributed by atoms with van der Waals surface area (Å²) in [7, 11) is -2.88. The molecule has 6 heteroatoms. The first-order valence-corrected chi connectivity index (χ1v) is 6.94. The largest absolute Gasteiger partial charge is 0.459 e. The normalized spacial score (nSPS) is 20.5. The molecule has 1 saturated heterocycles. The van der Waals surface area contributed by atoms with E-state index in [0.29, 0.717) is 12.8 Å². The van der Waals surface area contributed by atoms with Crippen LogP contribution in [0, 0.1) is 0 Å². The highest BCUT2D eigenvalue weighted by molar-refractivity contribution is 7.91. The number of rotatable bonds is 2. The van der Waals surface area contributed by atoms with Crippen LogP contribution in [0.5, 0.6) is 0 Å². The van der Waals surface area contributed by atoms with Crippen LogP contribution in [0.25, 0.3) is 0 Å². The van der Waals surface area contributed by atoms with E-state index >= 15 is 0 Å². The minimum Gasteiger partial charge on any atom is -0.459 e. The van der Waals surface area contributed by atoms with Gasteiger partial charge in [0, 0.05) is 6.04 Å². The summed E-state index contributed by atoms with van der Waals surface area (Å²) >= 11 is 0. The second-order valence-corrected chi connectivity index (χ2v) is 6.18. The third kappa shape index (κ3) is 2.63. The Bertz CT molecular complexity index is 449. The van der Waals surface area contributed by atoms with Gasteiger partial charge in [0.2, 0.25) is 0 Å². The van der Waals surface area contributed by atoms with Crippen LogP contribution in [0.1, 0.15) is 23.4 Å². The topological polar surface area (TPSA) is 76.4 Å². The summed E-state index contributed by atoms with van der Waals surface area (Å²) < 4.78 is 27.3. The van der Waals surface area contributed by atoms with Crippen molar-refractivity contribution in [1.82, 2.24) is 5.32 Å². The van der Waals surface area contributed by atoms with Gasteiger partial charge in [0.05, 0.1) is 17.8 Å². The fourth-order valence-corrected chi connectivity index (χ4v) is 3.19. The van der Waals surface area contributed by atoms with Crippen LogP contribution in [0.3, 0.4) is 0 Å². The van der Waals surface area contributed by atoms with Gasteiger partial charge in [-0.05, 0) is 25.0 Å². The third-order valence-corrected chi connectivity index (χ3v) is 4.35.